The number of aryl methyl sites for hydroxylation is 1. The van der Waals surface area contributed by atoms with Crippen LogP contribution in [0.2, 0.25) is 0 Å². The summed E-state index contributed by atoms with van der Waals surface area (Å²) in [5.41, 5.74) is 2.10. The van der Waals surface area contributed by atoms with E-state index in [-0.39, 0.29) is 0 Å². The molecule has 0 aliphatic carbocycles. The summed E-state index contributed by atoms with van der Waals surface area (Å²) in [6.45, 7) is 8.82. The Hall–Kier alpha value is -0.650. The van der Waals surface area contributed by atoms with E-state index in [1.165, 1.54) is 6.42 Å². The van der Waals surface area contributed by atoms with E-state index in [1.54, 1.807) is 7.11 Å². The van der Waals surface area contributed by atoms with Crippen LogP contribution in [0.5, 0.6) is 0 Å². The highest BCUT2D eigenvalue weighted by atomic mass is 32.2. The van der Waals surface area contributed by atoms with Gasteiger partial charge in [-0.25, -0.2) is 9.97 Å². The van der Waals surface area contributed by atoms with Crippen molar-refractivity contribution < 1.29 is 4.74 Å². The van der Waals surface area contributed by atoms with Crippen LogP contribution in [-0.2, 0) is 17.0 Å². The maximum Gasteiger partial charge on any atom is 0.138 e. The highest BCUT2D eigenvalue weighted by Gasteiger charge is 2.05. The summed E-state index contributed by atoms with van der Waals surface area (Å²) in [6.07, 6.45) is 1.18. The van der Waals surface area contributed by atoms with Crippen LogP contribution in [0, 0.1) is 6.92 Å². The lowest BCUT2D eigenvalue weighted by Crippen LogP contribution is -2.19. The first kappa shape index (κ1) is 16.4. The molecule has 1 atom stereocenters. The second kappa shape index (κ2) is 9.28. The van der Waals surface area contributed by atoms with Crippen molar-refractivity contribution in [3.8, 4) is 0 Å². The molecule has 0 aliphatic heterocycles. The van der Waals surface area contributed by atoms with Gasteiger partial charge in [0, 0.05) is 31.1 Å². The van der Waals surface area contributed by atoms with Crippen molar-refractivity contribution in [2.75, 3.05) is 20.3 Å². The number of nitrogens with one attached hydrogen (secondary N) is 1. The first-order valence-electron chi connectivity index (χ1n) is 6.80. The summed E-state index contributed by atoms with van der Waals surface area (Å²) < 4.78 is 5.01. The Bertz CT molecular complexity index is 374. The maximum atomic E-state index is 5.01. The molecule has 0 spiro atoms. The lowest BCUT2D eigenvalue weighted by Gasteiger charge is -2.09. The maximum absolute atomic E-state index is 5.01. The van der Waals surface area contributed by atoms with Crippen molar-refractivity contribution in [2.24, 2.45) is 0 Å². The average Bonchev–Trinajstić information content (AvgIpc) is 2.40. The second-order valence-electron chi connectivity index (χ2n) is 4.62. The Labute approximate surface area is 120 Å². The van der Waals surface area contributed by atoms with Crippen LogP contribution in [0.15, 0.2) is 6.07 Å². The molecule has 0 aliphatic rings. The van der Waals surface area contributed by atoms with Crippen LogP contribution in [0.1, 0.15) is 37.5 Å². The SMILES string of the molecule is CCC(C)SCc1nc(C)cc(CNCCOC)n1. The minimum absolute atomic E-state index is 0.660. The van der Waals surface area contributed by atoms with Gasteiger partial charge in [-0.2, -0.15) is 11.8 Å². The summed E-state index contributed by atoms with van der Waals surface area (Å²) in [5, 5.41) is 3.97. The first-order valence-corrected chi connectivity index (χ1v) is 7.85. The van der Waals surface area contributed by atoms with E-state index in [0.29, 0.717) is 5.25 Å². The smallest absolute Gasteiger partial charge is 0.138 e. The molecule has 0 saturated carbocycles. The predicted octanol–water partition coefficient (Wildman–Crippen LogP) is 2.55. The normalized spacial score (nSPS) is 12.6. The third-order valence-corrected chi connectivity index (χ3v) is 4.14. The Morgan fingerprint density at radius 1 is 1.42 bits per heavy atom. The molecule has 1 aromatic rings. The van der Waals surface area contributed by atoms with Crippen LogP contribution in [0.25, 0.3) is 0 Å². The molecule has 1 heterocycles. The van der Waals surface area contributed by atoms with Crippen molar-refractivity contribution in [1.29, 1.82) is 0 Å². The minimum atomic E-state index is 0.660. The number of rotatable bonds is 9. The zero-order chi connectivity index (χ0) is 14.1. The Morgan fingerprint density at radius 3 is 2.89 bits per heavy atom. The van der Waals surface area contributed by atoms with Crippen molar-refractivity contribution in [3.63, 3.8) is 0 Å². The molecule has 0 fully saturated rings. The summed E-state index contributed by atoms with van der Waals surface area (Å²) in [4.78, 5) is 9.10. The molecule has 19 heavy (non-hydrogen) atoms. The van der Waals surface area contributed by atoms with E-state index in [4.69, 9.17) is 4.74 Å². The molecule has 5 heteroatoms. The number of ether oxygens (including phenoxy) is 1. The monoisotopic (exact) mass is 283 g/mol. The lowest BCUT2D eigenvalue weighted by molar-refractivity contribution is 0.199. The summed E-state index contributed by atoms with van der Waals surface area (Å²) in [6, 6.07) is 2.04. The molecular formula is C14H25N3OS. The van der Waals surface area contributed by atoms with Gasteiger partial charge in [0.25, 0.3) is 0 Å². The van der Waals surface area contributed by atoms with Gasteiger partial charge in [0.05, 0.1) is 18.1 Å². The van der Waals surface area contributed by atoms with Gasteiger partial charge in [0.15, 0.2) is 0 Å². The lowest BCUT2D eigenvalue weighted by atomic mass is 10.3. The van der Waals surface area contributed by atoms with E-state index in [1.807, 2.05) is 24.8 Å². The molecule has 108 valence electrons. The summed E-state index contributed by atoms with van der Waals surface area (Å²) in [5.74, 6) is 1.83. The van der Waals surface area contributed by atoms with E-state index in [2.05, 4.69) is 29.1 Å². The van der Waals surface area contributed by atoms with Crippen LogP contribution < -0.4 is 5.32 Å². The number of nitrogens with zero attached hydrogens (tertiary/aromatic N) is 2. The Morgan fingerprint density at radius 2 is 2.21 bits per heavy atom. The van der Waals surface area contributed by atoms with E-state index in [9.17, 15) is 0 Å². The average molecular weight is 283 g/mol. The van der Waals surface area contributed by atoms with Gasteiger partial charge in [-0.3, -0.25) is 0 Å². The minimum Gasteiger partial charge on any atom is -0.383 e. The van der Waals surface area contributed by atoms with Gasteiger partial charge in [0.2, 0.25) is 0 Å². The third kappa shape index (κ3) is 6.89. The standard InChI is InChI=1S/C14H25N3OS/c1-5-12(3)19-10-14-16-11(2)8-13(17-14)9-15-6-7-18-4/h8,12,15H,5-7,9-10H2,1-4H3. The predicted molar refractivity (Wildman–Crippen MR) is 81.4 cm³/mol. The molecule has 0 saturated heterocycles. The van der Waals surface area contributed by atoms with Gasteiger partial charge >= 0.3 is 0 Å². The number of methoxy groups -OCH3 is 1. The fourth-order valence-corrected chi connectivity index (χ4v) is 2.38. The molecule has 1 aromatic heterocycles. The zero-order valence-electron chi connectivity index (χ0n) is 12.4. The van der Waals surface area contributed by atoms with Crippen LogP contribution in [-0.4, -0.2) is 35.5 Å². The fraction of sp³-hybridized carbons (Fsp3) is 0.714. The number of hydrogen-bond acceptors (Lipinski definition) is 5. The summed E-state index contributed by atoms with van der Waals surface area (Å²) >= 11 is 1.91. The van der Waals surface area contributed by atoms with Gasteiger partial charge in [-0.05, 0) is 19.4 Å². The van der Waals surface area contributed by atoms with Gasteiger partial charge in [-0.15, -0.1) is 0 Å². The number of hydrogen-bond donors (Lipinski definition) is 1. The fourth-order valence-electron chi connectivity index (χ4n) is 1.58. The molecule has 4 nitrogen and oxygen atoms in total. The Kier molecular flexibility index (Phi) is 8.02. The van der Waals surface area contributed by atoms with Gasteiger partial charge in [0.1, 0.15) is 5.82 Å². The molecule has 0 amide bonds. The molecule has 1 N–H and O–H groups in total. The first-order chi connectivity index (χ1) is 9.15. The summed E-state index contributed by atoms with van der Waals surface area (Å²) in [7, 11) is 1.71. The second-order valence-corrected chi connectivity index (χ2v) is 6.04. The molecule has 1 rings (SSSR count). The molecule has 0 bridgehead atoms. The largest absolute Gasteiger partial charge is 0.383 e. The third-order valence-electron chi connectivity index (χ3n) is 2.81. The van der Waals surface area contributed by atoms with Gasteiger partial charge < -0.3 is 10.1 Å². The van der Waals surface area contributed by atoms with Crippen LogP contribution >= 0.6 is 11.8 Å². The topological polar surface area (TPSA) is 47.0 Å². The molecule has 1 unspecified atom stereocenters. The van der Waals surface area contributed by atoms with Crippen LogP contribution in [0.3, 0.4) is 0 Å². The van der Waals surface area contributed by atoms with Crippen molar-refractivity contribution in [1.82, 2.24) is 15.3 Å². The number of thioether (sulfide) groups is 1. The zero-order valence-corrected chi connectivity index (χ0v) is 13.2. The molecule has 0 radical (unpaired) electrons. The highest BCUT2D eigenvalue weighted by molar-refractivity contribution is 7.99. The molecular weight excluding hydrogens is 258 g/mol. The van der Waals surface area contributed by atoms with E-state index in [0.717, 1.165) is 42.7 Å². The van der Waals surface area contributed by atoms with E-state index >= 15 is 0 Å². The van der Waals surface area contributed by atoms with Crippen LogP contribution in [0.4, 0.5) is 0 Å². The Balaban J connectivity index is 2.51. The number of aromatic nitrogens is 2. The van der Waals surface area contributed by atoms with Crippen molar-refractivity contribution >= 4 is 11.8 Å². The van der Waals surface area contributed by atoms with Crippen molar-refractivity contribution in [3.05, 3.63) is 23.3 Å². The van der Waals surface area contributed by atoms with Crippen molar-refractivity contribution in [2.45, 2.75) is 44.7 Å². The highest BCUT2D eigenvalue weighted by Crippen LogP contribution is 2.18. The molecule has 0 aromatic carbocycles. The van der Waals surface area contributed by atoms with E-state index < -0.39 is 0 Å². The quantitative estimate of drug-likeness (QED) is 0.706. The van der Waals surface area contributed by atoms with Gasteiger partial charge in [-0.1, -0.05) is 13.8 Å².